The lowest BCUT2D eigenvalue weighted by atomic mass is 9.91. The zero-order valence-corrected chi connectivity index (χ0v) is 14.2. The first-order valence-electron chi connectivity index (χ1n) is 8.70. The van der Waals surface area contributed by atoms with E-state index in [0.717, 1.165) is 19.1 Å². The molecule has 1 N–H and O–H groups in total. The number of unbranched alkanes of at least 4 members (excludes halogenated alkanes) is 1. The third-order valence-corrected chi connectivity index (χ3v) is 4.28. The molecular weight excluding hydrogens is 248 g/mol. The van der Waals surface area contributed by atoms with Crippen molar-refractivity contribution in [1.82, 2.24) is 10.2 Å². The molecular formula is C17H36N2O. The summed E-state index contributed by atoms with van der Waals surface area (Å²) in [4.78, 5) is 2.64. The van der Waals surface area contributed by atoms with E-state index in [9.17, 15) is 0 Å². The second-order valence-electron chi connectivity index (χ2n) is 6.57. The number of piperidine rings is 1. The summed E-state index contributed by atoms with van der Waals surface area (Å²) in [6.07, 6.45) is 6.81. The molecule has 2 atom stereocenters. The van der Waals surface area contributed by atoms with Gasteiger partial charge in [0.1, 0.15) is 0 Å². The predicted molar refractivity (Wildman–Crippen MR) is 87.2 cm³/mol. The van der Waals surface area contributed by atoms with Gasteiger partial charge in [0, 0.05) is 19.2 Å². The summed E-state index contributed by atoms with van der Waals surface area (Å²) in [5.41, 5.74) is 0. The van der Waals surface area contributed by atoms with E-state index in [1.807, 2.05) is 0 Å². The lowest BCUT2D eigenvalue weighted by Crippen LogP contribution is -2.44. The summed E-state index contributed by atoms with van der Waals surface area (Å²) in [5, 5.41) is 3.72. The number of hydrogen-bond acceptors (Lipinski definition) is 3. The Hall–Kier alpha value is -0.120. The fourth-order valence-corrected chi connectivity index (χ4v) is 3.06. The van der Waals surface area contributed by atoms with E-state index in [4.69, 9.17) is 4.74 Å². The summed E-state index contributed by atoms with van der Waals surface area (Å²) in [6.45, 7) is 14.8. The second-order valence-corrected chi connectivity index (χ2v) is 6.57. The molecule has 1 saturated heterocycles. The Morgan fingerprint density at radius 1 is 1.25 bits per heavy atom. The minimum atomic E-state index is 0.369. The summed E-state index contributed by atoms with van der Waals surface area (Å²) >= 11 is 0. The predicted octanol–water partition coefficient (Wildman–Crippen LogP) is 3.29. The Morgan fingerprint density at radius 2 is 2.05 bits per heavy atom. The fraction of sp³-hybridized carbons (Fsp3) is 1.00. The summed E-state index contributed by atoms with van der Waals surface area (Å²) in [6, 6.07) is 0.653. The van der Waals surface area contributed by atoms with Crippen molar-refractivity contribution in [1.29, 1.82) is 0 Å². The van der Waals surface area contributed by atoms with Crippen LogP contribution in [0.25, 0.3) is 0 Å². The van der Waals surface area contributed by atoms with E-state index in [2.05, 4.69) is 37.9 Å². The first kappa shape index (κ1) is 17.9. The molecule has 3 heteroatoms. The molecule has 0 bridgehead atoms. The Kier molecular flexibility index (Phi) is 9.49. The second kappa shape index (κ2) is 10.6. The van der Waals surface area contributed by atoms with Gasteiger partial charge in [-0.3, -0.25) is 0 Å². The van der Waals surface area contributed by atoms with Crippen molar-refractivity contribution in [3.63, 3.8) is 0 Å². The van der Waals surface area contributed by atoms with Crippen LogP contribution >= 0.6 is 0 Å². The summed E-state index contributed by atoms with van der Waals surface area (Å²) < 4.78 is 5.57. The highest BCUT2D eigenvalue weighted by Crippen LogP contribution is 2.19. The average Bonchev–Trinajstić information content (AvgIpc) is 2.43. The fourth-order valence-electron chi connectivity index (χ4n) is 3.06. The number of ether oxygens (including phenoxy) is 1. The van der Waals surface area contributed by atoms with Gasteiger partial charge in [-0.05, 0) is 78.4 Å². The molecule has 120 valence electrons. The highest BCUT2D eigenvalue weighted by atomic mass is 16.5. The minimum absolute atomic E-state index is 0.369. The molecule has 0 spiro atoms. The van der Waals surface area contributed by atoms with Crippen LogP contribution in [0.5, 0.6) is 0 Å². The maximum atomic E-state index is 5.57. The van der Waals surface area contributed by atoms with Crippen LogP contribution in [-0.4, -0.2) is 49.8 Å². The number of hydrogen-bond donors (Lipinski definition) is 1. The average molecular weight is 284 g/mol. The van der Waals surface area contributed by atoms with Crippen molar-refractivity contribution < 1.29 is 4.74 Å². The third-order valence-electron chi connectivity index (χ3n) is 4.28. The van der Waals surface area contributed by atoms with Crippen LogP contribution in [0.15, 0.2) is 0 Å². The zero-order valence-electron chi connectivity index (χ0n) is 14.2. The molecule has 0 aromatic heterocycles. The van der Waals surface area contributed by atoms with E-state index >= 15 is 0 Å². The van der Waals surface area contributed by atoms with Crippen LogP contribution in [0.3, 0.4) is 0 Å². The molecule has 0 aromatic carbocycles. The summed E-state index contributed by atoms with van der Waals surface area (Å²) in [5.74, 6) is 0.835. The first-order chi connectivity index (χ1) is 9.63. The highest BCUT2D eigenvalue weighted by Gasteiger charge is 2.23. The zero-order chi connectivity index (χ0) is 14.8. The monoisotopic (exact) mass is 284 g/mol. The normalized spacial score (nSPS) is 22.4. The van der Waals surface area contributed by atoms with E-state index < -0.39 is 0 Å². The molecule has 0 amide bonds. The molecule has 3 nitrogen and oxygen atoms in total. The van der Waals surface area contributed by atoms with E-state index in [1.54, 1.807) is 0 Å². The molecule has 0 saturated carbocycles. The lowest BCUT2D eigenvalue weighted by molar-refractivity contribution is 0.0757. The van der Waals surface area contributed by atoms with Gasteiger partial charge < -0.3 is 15.0 Å². The largest absolute Gasteiger partial charge is 0.379 e. The van der Waals surface area contributed by atoms with Gasteiger partial charge in [-0.25, -0.2) is 0 Å². The van der Waals surface area contributed by atoms with Gasteiger partial charge in [0.15, 0.2) is 0 Å². The van der Waals surface area contributed by atoms with Crippen LogP contribution in [0.2, 0.25) is 0 Å². The molecule has 1 aliphatic heterocycles. The maximum absolute atomic E-state index is 5.57. The van der Waals surface area contributed by atoms with Gasteiger partial charge in [-0.15, -0.1) is 0 Å². The Bertz CT molecular complexity index is 231. The maximum Gasteiger partial charge on any atom is 0.0518 e. The Balaban J connectivity index is 2.07. The van der Waals surface area contributed by atoms with Gasteiger partial charge in [-0.2, -0.15) is 0 Å². The van der Waals surface area contributed by atoms with Crippen molar-refractivity contribution in [2.24, 2.45) is 5.92 Å². The smallest absolute Gasteiger partial charge is 0.0518 e. The molecule has 0 aromatic rings. The van der Waals surface area contributed by atoms with Crippen molar-refractivity contribution in [3.8, 4) is 0 Å². The molecule has 1 fully saturated rings. The standard InChI is InChI=1S/C17H36N2O/c1-5-11-19-12-8-9-17(14-19)16(4)18-10-6-7-13-20-15(2)3/h15-18H,5-14H2,1-4H3. The number of rotatable bonds is 10. The lowest BCUT2D eigenvalue weighted by Gasteiger charge is -2.36. The molecule has 20 heavy (non-hydrogen) atoms. The Labute approximate surface area is 126 Å². The molecule has 1 rings (SSSR count). The SMILES string of the molecule is CCCN1CCCC(C(C)NCCCCOC(C)C)C1. The van der Waals surface area contributed by atoms with Crippen LogP contribution in [0, 0.1) is 5.92 Å². The first-order valence-corrected chi connectivity index (χ1v) is 8.70. The van der Waals surface area contributed by atoms with Gasteiger partial charge in [0.05, 0.1) is 6.10 Å². The minimum Gasteiger partial charge on any atom is -0.379 e. The van der Waals surface area contributed by atoms with Gasteiger partial charge in [0.2, 0.25) is 0 Å². The van der Waals surface area contributed by atoms with Gasteiger partial charge in [0.25, 0.3) is 0 Å². The Morgan fingerprint density at radius 3 is 2.75 bits per heavy atom. The molecule has 1 heterocycles. The number of nitrogens with zero attached hydrogens (tertiary/aromatic N) is 1. The molecule has 0 radical (unpaired) electrons. The quantitative estimate of drug-likeness (QED) is 0.623. The van der Waals surface area contributed by atoms with Crippen molar-refractivity contribution in [2.45, 2.75) is 71.9 Å². The number of likely N-dealkylation sites (tertiary alicyclic amines) is 1. The van der Waals surface area contributed by atoms with E-state index in [-0.39, 0.29) is 0 Å². The highest BCUT2D eigenvalue weighted by molar-refractivity contribution is 4.80. The number of nitrogens with one attached hydrogen (secondary N) is 1. The molecule has 1 aliphatic rings. The summed E-state index contributed by atoms with van der Waals surface area (Å²) in [7, 11) is 0. The van der Waals surface area contributed by atoms with Crippen LogP contribution in [-0.2, 0) is 4.74 Å². The topological polar surface area (TPSA) is 24.5 Å². The van der Waals surface area contributed by atoms with Crippen molar-refractivity contribution >= 4 is 0 Å². The van der Waals surface area contributed by atoms with Crippen molar-refractivity contribution in [2.75, 3.05) is 32.8 Å². The van der Waals surface area contributed by atoms with Crippen LogP contribution < -0.4 is 5.32 Å². The van der Waals surface area contributed by atoms with Crippen LogP contribution in [0.1, 0.15) is 59.8 Å². The van der Waals surface area contributed by atoms with E-state index in [1.165, 1.54) is 51.7 Å². The van der Waals surface area contributed by atoms with E-state index in [0.29, 0.717) is 12.1 Å². The van der Waals surface area contributed by atoms with Crippen molar-refractivity contribution in [3.05, 3.63) is 0 Å². The molecule has 2 unspecified atom stereocenters. The molecule has 0 aliphatic carbocycles. The van der Waals surface area contributed by atoms with Gasteiger partial charge in [-0.1, -0.05) is 6.92 Å². The third kappa shape index (κ3) is 7.61. The van der Waals surface area contributed by atoms with Gasteiger partial charge >= 0.3 is 0 Å². The van der Waals surface area contributed by atoms with Crippen LogP contribution in [0.4, 0.5) is 0 Å².